The van der Waals surface area contributed by atoms with E-state index in [1.807, 2.05) is 6.92 Å². The molecule has 0 amide bonds. The van der Waals surface area contributed by atoms with Crippen molar-refractivity contribution >= 4 is 17.3 Å². The third kappa shape index (κ3) is 3.61. The Morgan fingerprint density at radius 1 is 1.15 bits per heavy atom. The van der Waals surface area contributed by atoms with Gasteiger partial charge in [0.25, 0.3) is 0 Å². The van der Waals surface area contributed by atoms with Crippen LogP contribution in [-0.2, 0) is 6.54 Å². The van der Waals surface area contributed by atoms with Gasteiger partial charge in [0, 0.05) is 17.1 Å². The molecule has 0 aromatic heterocycles. The minimum Gasteiger partial charge on any atom is -0.492 e. The SMILES string of the molecule is CCOc1ccc(Cl)cc1NCc1cc(F)ccc1F. The highest BCUT2D eigenvalue weighted by Crippen LogP contribution is 2.28. The van der Waals surface area contributed by atoms with E-state index in [-0.39, 0.29) is 12.1 Å². The predicted octanol–water partition coefficient (Wildman–Crippen LogP) is 4.63. The van der Waals surface area contributed by atoms with Crippen LogP contribution in [0.1, 0.15) is 12.5 Å². The molecule has 0 saturated heterocycles. The molecule has 0 saturated carbocycles. The summed E-state index contributed by atoms with van der Waals surface area (Å²) < 4.78 is 32.1. The molecule has 0 aliphatic carbocycles. The molecular weight excluding hydrogens is 284 g/mol. The van der Waals surface area contributed by atoms with Crippen molar-refractivity contribution in [3.05, 3.63) is 58.6 Å². The number of nitrogens with one attached hydrogen (secondary N) is 1. The van der Waals surface area contributed by atoms with Crippen LogP contribution in [-0.4, -0.2) is 6.61 Å². The first kappa shape index (κ1) is 14.6. The van der Waals surface area contributed by atoms with Crippen molar-refractivity contribution in [1.29, 1.82) is 0 Å². The number of hydrogen-bond acceptors (Lipinski definition) is 2. The molecule has 2 nitrogen and oxygen atoms in total. The van der Waals surface area contributed by atoms with Crippen LogP contribution >= 0.6 is 11.6 Å². The van der Waals surface area contributed by atoms with Crippen LogP contribution in [0.2, 0.25) is 5.02 Å². The fraction of sp³-hybridized carbons (Fsp3) is 0.200. The lowest BCUT2D eigenvalue weighted by Gasteiger charge is -2.13. The van der Waals surface area contributed by atoms with Crippen molar-refractivity contribution in [2.75, 3.05) is 11.9 Å². The first-order chi connectivity index (χ1) is 9.60. The van der Waals surface area contributed by atoms with Crippen molar-refractivity contribution < 1.29 is 13.5 Å². The Balaban J connectivity index is 2.17. The maximum absolute atomic E-state index is 13.5. The highest BCUT2D eigenvalue weighted by molar-refractivity contribution is 6.30. The number of halogens is 3. The lowest BCUT2D eigenvalue weighted by Crippen LogP contribution is -2.04. The Kier molecular flexibility index (Phi) is 4.79. The van der Waals surface area contributed by atoms with E-state index < -0.39 is 11.6 Å². The lowest BCUT2D eigenvalue weighted by atomic mass is 10.2. The van der Waals surface area contributed by atoms with Gasteiger partial charge in [-0.05, 0) is 43.3 Å². The van der Waals surface area contributed by atoms with Gasteiger partial charge in [-0.1, -0.05) is 11.6 Å². The van der Waals surface area contributed by atoms with Gasteiger partial charge in [0.15, 0.2) is 0 Å². The molecule has 0 radical (unpaired) electrons. The van der Waals surface area contributed by atoms with E-state index in [0.29, 0.717) is 23.1 Å². The molecule has 0 aliphatic rings. The molecule has 106 valence electrons. The smallest absolute Gasteiger partial charge is 0.142 e. The molecule has 0 spiro atoms. The fourth-order valence-corrected chi connectivity index (χ4v) is 1.96. The second kappa shape index (κ2) is 6.57. The summed E-state index contributed by atoms with van der Waals surface area (Å²) in [7, 11) is 0. The number of hydrogen-bond donors (Lipinski definition) is 1. The van der Waals surface area contributed by atoms with E-state index in [1.165, 1.54) is 0 Å². The van der Waals surface area contributed by atoms with Gasteiger partial charge in [-0.2, -0.15) is 0 Å². The Labute approximate surface area is 121 Å². The number of anilines is 1. The molecule has 0 aliphatic heterocycles. The van der Waals surface area contributed by atoms with Gasteiger partial charge in [-0.15, -0.1) is 0 Å². The van der Waals surface area contributed by atoms with Crippen LogP contribution in [0, 0.1) is 11.6 Å². The third-order valence-electron chi connectivity index (χ3n) is 2.72. The number of benzene rings is 2. The zero-order valence-electron chi connectivity index (χ0n) is 10.9. The number of rotatable bonds is 5. The molecule has 0 heterocycles. The monoisotopic (exact) mass is 297 g/mol. The average Bonchev–Trinajstić information content (AvgIpc) is 2.42. The van der Waals surface area contributed by atoms with Crippen molar-refractivity contribution in [2.45, 2.75) is 13.5 Å². The summed E-state index contributed by atoms with van der Waals surface area (Å²) >= 11 is 5.93. The van der Waals surface area contributed by atoms with Gasteiger partial charge in [-0.3, -0.25) is 0 Å². The molecule has 2 rings (SSSR count). The van der Waals surface area contributed by atoms with Crippen molar-refractivity contribution in [2.24, 2.45) is 0 Å². The Hall–Kier alpha value is -1.81. The van der Waals surface area contributed by atoms with Gasteiger partial charge in [-0.25, -0.2) is 8.78 Å². The van der Waals surface area contributed by atoms with Gasteiger partial charge in [0.05, 0.1) is 12.3 Å². The zero-order valence-corrected chi connectivity index (χ0v) is 11.7. The van der Waals surface area contributed by atoms with E-state index in [4.69, 9.17) is 16.3 Å². The van der Waals surface area contributed by atoms with Crippen LogP contribution in [0.3, 0.4) is 0 Å². The first-order valence-corrected chi connectivity index (χ1v) is 6.58. The lowest BCUT2D eigenvalue weighted by molar-refractivity contribution is 0.341. The Bertz CT molecular complexity index is 604. The Morgan fingerprint density at radius 3 is 2.70 bits per heavy atom. The van der Waals surface area contributed by atoms with E-state index in [0.717, 1.165) is 18.2 Å². The highest BCUT2D eigenvalue weighted by atomic mass is 35.5. The summed E-state index contributed by atoms with van der Waals surface area (Å²) in [6.45, 7) is 2.51. The summed E-state index contributed by atoms with van der Waals surface area (Å²) in [6, 6.07) is 8.48. The molecule has 5 heteroatoms. The van der Waals surface area contributed by atoms with Crippen molar-refractivity contribution in [1.82, 2.24) is 0 Å². The number of ether oxygens (including phenoxy) is 1. The summed E-state index contributed by atoms with van der Waals surface area (Å²) in [5.41, 5.74) is 0.885. The van der Waals surface area contributed by atoms with E-state index in [2.05, 4.69) is 5.32 Å². The maximum Gasteiger partial charge on any atom is 0.142 e. The zero-order chi connectivity index (χ0) is 14.5. The summed E-state index contributed by atoms with van der Waals surface area (Å²) in [5.74, 6) is -0.313. The minimum absolute atomic E-state index is 0.143. The topological polar surface area (TPSA) is 21.3 Å². The molecule has 0 unspecified atom stereocenters. The normalized spacial score (nSPS) is 10.4. The Morgan fingerprint density at radius 2 is 1.95 bits per heavy atom. The largest absolute Gasteiger partial charge is 0.492 e. The van der Waals surface area contributed by atoms with Gasteiger partial charge in [0.2, 0.25) is 0 Å². The standard InChI is InChI=1S/C15H14ClF2NO/c1-2-20-15-6-3-11(16)8-14(15)19-9-10-7-12(17)4-5-13(10)18/h3-8,19H,2,9H2,1H3. The van der Waals surface area contributed by atoms with E-state index in [1.54, 1.807) is 18.2 Å². The van der Waals surface area contributed by atoms with E-state index in [9.17, 15) is 8.78 Å². The van der Waals surface area contributed by atoms with Crippen LogP contribution < -0.4 is 10.1 Å². The van der Waals surface area contributed by atoms with Crippen LogP contribution in [0.4, 0.5) is 14.5 Å². The minimum atomic E-state index is -0.473. The summed E-state index contributed by atoms with van der Waals surface area (Å²) in [5, 5.41) is 3.54. The molecule has 2 aromatic carbocycles. The average molecular weight is 298 g/mol. The van der Waals surface area contributed by atoms with Gasteiger partial charge in [0.1, 0.15) is 17.4 Å². The first-order valence-electron chi connectivity index (χ1n) is 6.20. The van der Waals surface area contributed by atoms with Crippen molar-refractivity contribution in [3.8, 4) is 5.75 Å². The predicted molar refractivity (Wildman–Crippen MR) is 76.3 cm³/mol. The second-order valence-electron chi connectivity index (χ2n) is 4.16. The molecular formula is C15H14ClF2NO. The third-order valence-corrected chi connectivity index (χ3v) is 2.95. The van der Waals surface area contributed by atoms with Gasteiger partial charge >= 0.3 is 0 Å². The van der Waals surface area contributed by atoms with Crippen LogP contribution in [0.15, 0.2) is 36.4 Å². The molecule has 20 heavy (non-hydrogen) atoms. The summed E-state index contributed by atoms with van der Waals surface area (Å²) in [6.07, 6.45) is 0. The summed E-state index contributed by atoms with van der Waals surface area (Å²) in [4.78, 5) is 0. The van der Waals surface area contributed by atoms with Crippen molar-refractivity contribution in [3.63, 3.8) is 0 Å². The highest BCUT2D eigenvalue weighted by Gasteiger charge is 2.07. The molecule has 0 fully saturated rings. The van der Waals surface area contributed by atoms with Crippen LogP contribution in [0.5, 0.6) is 5.75 Å². The van der Waals surface area contributed by atoms with Crippen LogP contribution in [0.25, 0.3) is 0 Å². The molecule has 0 atom stereocenters. The maximum atomic E-state index is 13.5. The second-order valence-corrected chi connectivity index (χ2v) is 4.60. The molecule has 0 bridgehead atoms. The van der Waals surface area contributed by atoms with Gasteiger partial charge < -0.3 is 10.1 Å². The molecule has 1 N–H and O–H groups in total. The fourth-order valence-electron chi connectivity index (χ4n) is 1.79. The molecule has 2 aromatic rings. The quantitative estimate of drug-likeness (QED) is 0.869. The van der Waals surface area contributed by atoms with E-state index >= 15 is 0 Å².